The van der Waals surface area contributed by atoms with Crippen molar-refractivity contribution < 1.29 is 14.8 Å². The lowest BCUT2D eigenvalue weighted by Crippen LogP contribution is -2.29. The number of ether oxygens (including phenoxy) is 1. The van der Waals surface area contributed by atoms with E-state index in [1.807, 2.05) is 6.07 Å². The quantitative estimate of drug-likeness (QED) is 0.481. The first-order chi connectivity index (χ1) is 10.1. The highest BCUT2D eigenvalue weighted by atomic mass is 35.5. The Morgan fingerprint density at radius 2 is 1.76 bits per heavy atom. The molecule has 0 fully saturated rings. The van der Waals surface area contributed by atoms with Crippen LogP contribution >= 0.6 is 35.0 Å². The number of hydrogen-bond donors (Lipinski definition) is 2. The molecule has 3 nitrogen and oxygen atoms in total. The fourth-order valence-corrected chi connectivity index (χ4v) is 2.96. The van der Waals surface area contributed by atoms with E-state index in [0.717, 1.165) is 10.6 Å². The first kappa shape index (κ1) is 16.5. The zero-order valence-corrected chi connectivity index (χ0v) is 13.3. The van der Waals surface area contributed by atoms with Crippen molar-refractivity contribution in [1.29, 1.82) is 0 Å². The molecular formula is C14H13BCl2O3S. The molecule has 0 aromatic heterocycles. The molecule has 0 amide bonds. The molecule has 7 heteroatoms. The van der Waals surface area contributed by atoms with Gasteiger partial charge in [-0.25, -0.2) is 0 Å². The Morgan fingerprint density at radius 1 is 1.05 bits per heavy atom. The standard InChI is InChI=1S/C14H13BCl2O3S/c16-11-3-6-13(17)14(9-11)21-8-7-20-12-4-1-10(2-5-12)15(18)19/h1-6,9,18-19H,7-8H2. The molecule has 0 unspecified atom stereocenters. The summed E-state index contributed by atoms with van der Waals surface area (Å²) < 4.78 is 5.57. The first-order valence-corrected chi connectivity index (χ1v) is 7.97. The van der Waals surface area contributed by atoms with Gasteiger partial charge < -0.3 is 14.8 Å². The normalized spacial score (nSPS) is 10.5. The van der Waals surface area contributed by atoms with Crippen molar-refractivity contribution in [3.8, 4) is 5.75 Å². The number of thioether (sulfide) groups is 1. The van der Waals surface area contributed by atoms with E-state index in [4.69, 9.17) is 38.0 Å². The van der Waals surface area contributed by atoms with Gasteiger partial charge in [0.2, 0.25) is 0 Å². The van der Waals surface area contributed by atoms with Crippen LogP contribution in [-0.2, 0) is 0 Å². The van der Waals surface area contributed by atoms with Crippen LogP contribution in [0.15, 0.2) is 47.4 Å². The summed E-state index contributed by atoms with van der Waals surface area (Å²) in [6, 6.07) is 12.0. The van der Waals surface area contributed by atoms with Gasteiger partial charge in [-0.15, -0.1) is 11.8 Å². The second kappa shape index (κ2) is 7.96. The molecule has 0 atom stereocenters. The minimum atomic E-state index is -1.46. The molecular weight excluding hydrogens is 330 g/mol. The third-order valence-electron chi connectivity index (χ3n) is 2.68. The maximum absolute atomic E-state index is 8.99. The van der Waals surface area contributed by atoms with E-state index >= 15 is 0 Å². The summed E-state index contributed by atoms with van der Waals surface area (Å²) in [4.78, 5) is 0.923. The lowest BCUT2D eigenvalue weighted by molar-refractivity contribution is 0.344. The molecule has 0 aliphatic rings. The van der Waals surface area contributed by atoms with Gasteiger partial charge in [0, 0.05) is 15.7 Å². The Kier molecular flexibility index (Phi) is 6.27. The van der Waals surface area contributed by atoms with Crippen LogP contribution in [0.2, 0.25) is 10.0 Å². The number of rotatable bonds is 6. The molecule has 0 bridgehead atoms. The minimum Gasteiger partial charge on any atom is -0.493 e. The van der Waals surface area contributed by atoms with Gasteiger partial charge in [0.15, 0.2) is 0 Å². The summed E-state index contributed by atoms with van der Waals surface area (Å²) in [6.45, 7) is 0.508. The van der Waals surface area contributed by atoms with Crippen molar-refractivity contribution in [1.82, 2.24) is 0 Å². The molecule has 2 rings (SSSR count). The maximum atomic E-state index is 8.99. The maximum Gasteiger partial charge on any atom is 0.488 e. The van der Waals surface area contributed by atoms with Crippen LogP contribution in [-0.4, -0.2) is 29.5 Å². The van der Waals surface area contributed by atoms with E-state index < -0.39 is 7.12 Å². The van der Waals surface area contributed by atoms with Crippen molar-refractivity contribution in [2.45, 2.75) is 4.90 Å². The van der Waals surface area contributed by atoms with Crippen molar-refractivity contribution in [3.63, 3.8) is 0 Å². The third kappa shape index (κ3) is 5.13. The number of halogens is 2. The Morgan fingerprint density at radius 3 is 2.43 bits per heavy atom. The van der Waals surface area contributed by atoms with Gasteiger partial charge in [0.1, 0.15) is 5.75 Å². The van der Waals surface area contributed by atoms with Gasteiger partial charge in [0.05, 0.1) is 11.6 Å². The van der Waals surface area contributed by atoms with Crippen LogP contribution in [0.25, 0.3) is 0 Å². The lowest BCUT2D eigenvalue weighted by Gasteiger charge is -2.08. The van der Waals surface area contributed by atoms with Crippen LogP contribution in [0.3, 0.4) is 0 Å². The van der Waals surface area contributed by atoms with E-state index in [-0.39, 0.29) is 0 Å². The Labute approximate surface area is 138 Å². The largest absolute Gasteiger partial charge is 0.493 e. The zero-order chi connectivity index (χ0) is 15.2. The van der Waals surface area contributed by atoms with Gasteiger partial charge in [-0.05, 0) is 35.8 Å². The summed E-state index contributed by atoms with van der Waals surface area (Å²) >= 11 is 13.6. The fraction of sp³-hybridized carbons (Fsp3) is 0.143. The molecule has 0 aliphatic heterocycles. The van der Waals surface area contributed by atoms with Crippen LogP contribution in [0.1, 0.15) is 0 Å². The van der Waals surface area contributed by atoms with Crippen LogP contribution in [0.4, 0.5) is 0 Å². The van der Waals surface area contributed by atoms with Gasteiger partial charge in [-0.1, -0.05) is 35.3 Å². The zero-order valence-electron chi connectivity index (χ0n) is 11.0. The molecule has 0 spiro atoms. The highest BCUT2D eigenvalue weighted by Gasteiger charge is 2.09. The van der Waals surface area contributed by atoms with E-state index in [1.165, 1.54) is 0 Å². The Hall–Kier alpha value is -0.845. The average molecular weight is 343 g/mol. The predicted octanol–water partition coefficient (Wildman–Crippen LogP) is 2.84. The summed E-state index contributed by atoms with van der Waals surface area (Å²) in [5, 5.41) is 19.3. The second-order valence-corrected chi connectivity index (χ2v) is 6.19. The van der Waals surface area contributed by atoms with Crippen molar-refractivity contribution >= 4 is 47.5 Å². The molecule has 0 aliphatic carbocycles. The van der Waals surface area contributed by atoms with E-state index in [2.05, 4.69) is 0 Å². The Balaban J connectivity index is 1.80. The molecule has 0 saturated carbocycles. The summed E-state index contributed by atoms with van der Waals surface area (Å²) in [5.41, 5.74) is 0.433. The van der Waals surface area contributed by atoms with Crippen molar-refractivity contribution in [2.75, 3.05) is 12.4 Å². The van der Waals surface area contributed by atoms with Gasteiger partial charge in [-0.2, -0.15) is 0 Å². The third-order valence-corrected chi connectivity index (χ3v) is 4.38. The molecule has 0 saturated heterocycles. The van der Waals surface area contributed by atoms with E-state index in [9.17, 15) is 0 Å². The summed E-state index contributed by atoms with van der Waals surface area (Å²) in [6.07, 6.45) is 0. The van der Waals surface area contributed by atoms with Gasteiger partial charge >= 0.3 is 7.12 Å². The smallest absolute Gasteiger partial charge is 0.488 e. The van der Waals surface area contributed by atoms with Crippen molar-refractivity contribution in [3.05, 3.63) is 52.5 Å². The van der Waals surface area contributed by atoms with Crippen LogP contribution < -0.4 is 10.2 Å². The second-order valence-electron chi connectivity index (χ2n) is 4.21. The molecule has 110 valence electrons. The van der Waals surface area contributed by atoms with E-state index in [0.29, 0.717) is 27.9 Å². The van der Waals surface area contributed by atoms with Crippen molar-refractivity contribution in [2.24, 2.45) is 0 Å². The first-order valence-electron chi connectivity index (χ1n) is 6.23. The molecule has 21 heavy (non-hydrogen) atoms. The highest BCUT2D eigenvalue weighted by molar-refractivity contribution is 7.99. The minimum absolute atomic E-state index is 0.433. The molecule has 2 aromatic carbocycles. The Bertz CT molecular complexity index is 593. The molecule has 2 N–H and O–H groups in total. The summed E-state index contributed by atoms with van der Waals surface area (Å²) in [5.74, 6) is 1.40. The van der Waals surface area contributed by atoms with Gasteiger partial charge in [0.25, 0.3) is 0 Å². The van der Waals surface area contributed by atoms with E-state index in [1.54, 1.807) is 48.2 Å². The van der Waals surface area contributed by atoms with Crippen LogP contribution in [0, 0.1) is 0 Å². The SMILES string of the molecule is OB(O)c1ccc(OCCSc2cc(Cl)ccc2Cl)cc1. The molecule has 2 aromatic rings. The van der Waals surface area contributed by atoms with Gasteiger partial charge in [-0.3, -0.25) is 0 Å². The summed E-state index contributed by atoms with van der Waals surface area (Å²) in [7, 11) is -1.46. The molecule has 0 radical (unpaired) electrons. The molecule has 0 heterocycles. The topological polar surface area (TPSA) is 49.7 Å². The monoisotopic (exact) mass is 342 g/mol. The fourth-order valence-electron chi connectivity index (χ4n) is 1.64. The van der Waals surface area contributed by atoms with Crippen LogP contribution in [0.5, 0.6) is 5.75 Å². The lowest BCUT2D eigenvalue weighted by atomic mass is 9.80. The number of benzene rings is 2. The predicted molar refractivity (Wildman–Crippen MR) is 88.9 cm³/mol. The highest BCUT2D eigenvalue weighted by Crippen LogP contribution is 2.29. The number of hydrogen-bond acceptors (Lipinski definition) is 4. The average Bonchev–Trinajstić information content (AvgIpc) is 2.47.